The molecule has 0 fully saturated rings. The third-order valence-corrected chi connectivity index (χ3v) is 3.69. The van der Waals surface area contributed by atoms with Gasteiger partial charge in [0, 0.05) is 29.8 Å². The van der Waals surface area contributed by atoms with Gasteiger partial charge < -0.3 is 9.13 Å². The van der Waals surface area contributed by atoms with Gasteiger partial charge in [0.15, 0.2) is 0 Å². The highest BCUT2D eigenvalue weighted by Gasteiger charge is 2.12. The lowest BCUT2D eigenvalue weighted by molar-refractivity contribution is -0.108. The minimum absolute atomic E-state index is 0.0462. The Kier molecular flexibility index (Phi) is 3.32. The number of aromatic nitrogens is 5. The number of nitrogens with zero attached hydrogens (tertiary/aromatic N) is 5. The van der Waals surface area contributed by atoms with E-state index in [-0.39, 0.29) is 6.04 Å². The van der Waals surface area contributed by atoms with Gasteiger partial charge in [0.1, 0.15) is 18.3 Å². The Morgan fingerprint density at radius 3 is 3.10 bits per heavy atom. The van der Waals surface area contributed by atoms with Crippen LogP contribution in [0.1, 0.15) is 19.4 Å². The number of carbonyl (C=O) groups excluding carboxylic acids is 1. The predicted octanol–water partition coefficient (Wildman–Crippen LogP) is 2.08. The molecule has 3 aromatic heterocycles. The molecule has 0 saturated heterocycles. The topological polar surface area (TPSA) is 65.6 Å². The molecule has 3 heterocycles. The van der Waals surface area contributed by atoms with E-state index in [0.29, 0.717) is 6.42 Å². The van der Waals surface area contributed by atoms with Crippen molar-refractivity contribution in [3.8, 4) is 11.3 Å². The lowest BCUT2D eigenvalue weighted by Gasteiger charge is -2.07. The fourth-order valence-electron chi connectivity index (χ4n) is 2.15. The Bertz CT molecular complexity index is 763. The van der Waals surface area contributed by atoms with Crippen molar-refractivity contribution in [2.75, 3.05) is 0 Å². The summed E-state index contributed by atoms with van der Waals surface area (Å²) in [5.41, 5.74) is 2.63. The van der Waals surface area contributed by atoms with Gasteiger partial charge in [0.05, 0.1) is 17.9 Å². The van der Waals surface area contributed by atoms with Gasteiger partial charge in [0.2, 0.25) is 0 Å². The largest absolute Gasteiger partial charge is 0.317 e. The fraction of sp³-hybridized carbons (Fsp3) is 0.231. The first kappa shape index (κ1) is 12.9. The molecule has 3 aromatic rings. The van der Waals surface area contributed by atoms with Gasteiger partial charge in [-0.2, -0.15) is 5.10 Å². The fourth-order valence-corrected chi connectivity index (χ4v) is 2.44. The van der Waals surface area contributed by atoms with E-state index < -0.39 is 0 Å². The van der Waals surface area contributed by atoms with Crippen LogP contribution in [-0.4, -0.2) is 30.4 Å². The predicted molar refractivity (Wildman–Crippen MR) is 79.2 cm³/mol. The van der Waals surface area contributed by atoms with E-state index in [9.17, 15) is 4.79 Å². The van der Waals surface area contributed by atoms with Crippen LogP contribution in [0.25, 0.3) is 22.3 Å². The summed E-state index contributed by atoms with van der Waals surface area (Å²) in [5.74, 6) is 0. The zero-order valence-electron chi connectivity index (χ0n) is 11.0. The van der Waals surface area contributed by atoms with E-state index in [2.05, 4.69) is 24.5 Å². The molecular formula is C13H14N5OP. The van der Waals surface area contributed by atoms with Crippen molar-refractivity contribution in [1.29, 1.82) is 0 Å². The minimum Gasteiger partial charge on any atom is -0.317 e. The third-order valence-electron chi connectivity index (χ3n) is 3.27. The van der Waals surface area contributed by atoms with Crippen molar-refractivity contribution in [1.82, 2.24) is 24.1 Å². The Morgan fingerprint density at radius 2 is 2.30 bits per heavy atom. The standard InChI is InChI=1S/C13H14N5OP/c1-9(3-5-19)17-7-10(6-16-17)12-11-2-4-18(20)13(11)15-8-14-12/h2,4-9H,3,20H2,1H3. The second-order valence-corrected chi connectivity index (χ2v) is 5.20. The van der Waals surface area contributed by atoms with E-state index in [1.165, 1.54) is 0 Å². The van der Waals surface area contributed by atoms with Crippen molar-refractivity contribution in [3.63, 3.8) is 0 Å². The molecule has 0 aliphatic heterocycles. The van der Waals surface area contributed by atoms with Crippen molar-refractivity contribution >= 4 is 26.7 Å². The van der Waals surface area contributed by atoms with Crippen LogP contribution < -0.4 is 0 Å². The maximum absolute atomic E-state index is 10.6. The lowest BCUT2D eigenvalue weighted by Crippen LogP contribution is -2.05. The monoisotopic (exact) mass is 287 g/mol. The summed E-state index contributed by atoms with van der Waals surface area (Å²) in [6.07, 6.45) is 8.50. The van der Waals surface area contributed by atoms with E-state index >= 15 is 0 Å². The molecule has 0 amide bonds. The maximum atomic E-state index is 10.6. The van der Waals surface area contributed by atoms with E-state index in [1.807, 2.05) is 29.7 Å². The molecule has 20 heavy (non-hydrogen) atoms. The summed E-state index contributed by atoms with van der Waals surface area (Å²) in [6, 6.07) is 2.02. The number of hydrogen-bond donors (Lipinski definition) is 0. The SMILES string of the molecule is CC(CC=O)n1cc(-c2ncnc3c2ccn3P)cn1. The summed E-state index contributed by atoms with van der Waals surface area (Å²) in [4.78, 5) is 19.2. The second kappa shape index (κ2) is 5.13. The number of aldehydes is 1. The van der Waals surface area contributed by atoms with Crippen molar-refractivity contribution in [2.24, 2.45) is 0 Å². The number of carbonyl (C=O) groups is 1. The number of rotatable bonds is 4. The van der Waals surface area contributed by atoms with E-state index in [1.54, 1.807) is 17.2 Å². The molecule has 3 rings (SSSR count). The van der Waals surface area contributed by atoms with Crippen LogP contribution in [0.5, 0.6) is 0 Å². The molecule has 2 unspecified atom stereocenters. The van der Waals surface area contributed by atoms with Crippen molar-refractivity contribution in [2.45, 2.75) is 19.4 Å². The van der Waals surface area contributed by atoms with Crippen LogP contribution >= 0.6 is 9.39 Å². The summed E-state index contributed by atoms with van der Waals surface area (Å²) >= 11 is 0. The van der Waals surface area contributed by atoms with Crippen LogP contribution in [0.4, 0.5) is 0 Å². The first-order chi connectivity index (χ1) is 9.70. The highest BCUT2D eigenvalue weighted by molar-refractivity contribution is 7.14. The molecule has 0 saturated carbocycles. The molecule has 7 heteroatoms. The molecule has 0 bridgehead atoms. The molecule has 0 aliphatic rings. The van der Waals surface area contributed by atoms with Crippen molar-refractivity contribution < 1.29 is 4.79 Å². The Balaban J connectivity index is 2.05. The summed E-state index contributed by atoms with van der Waals surface area (Å²) in [6.45, 7) is 1.96. The zero-order chi connectivity index (χ0) is 14.1. The van der Waals surface area contributed by atoms with Crippen LogP contribution in [0.2, 0.25) is 0 Å². The Morgan fingerprint density at radius 1 is 1.45 bits per heavy atom. The highest BCUT2D eigenvalue weighted by atomic mass is 31.0. The lowest BCUT2D eigenvalue weighted by atomic mass is 10.2. The van der Waals surface area contributed by atoms with Gasteiger partial charge in [-0.25, -0.2) is 9.97 Å². The molecule has 0 aromatic carbocycles. The van der Waals surface area contributed by atoms with Crippen LogP contribution in [-0.2, 0) is 4.79 Å². The molecular weight excluding hydrogens is 273 g/mol. The first-order valence-corrected chi connectivity index (χ1v) is 6.77. The molecule has 102 valence electrons. The summed E-state index contributed by atoms with van der Waals surface area (Å²) < 4.78 is 3.66. The number of fused-ring (bicyclic) bond motifs is 1. The molecule has 0 aliphatic carbocycles. The van der Waals surface area contributed by atoms with Gasteiger partial charge in [-0.05, 0) is 22.4 Å². The van der Waals surface area contributed by atoms with Gasteiger partial charge in [-0.15, -0.1) is 0 Å². The quantitative estimate of drug-likeness (QED) is 0.544. The molecule has 2 atom stereocenters. The van der Waals surface area contributed by atoms with Crippen LogP contribution in [0, 0.1) is 0 Å². The molecule has 6 nitrogen and oxygen atoms in total. The van der Waals surface area contributed by atoms with Crippen molar-refractivity contribution in [3.05, 3.63) is 31.0 Å². The van der Waals surface area contributed by atoms with Gasteiger partial charge in [-0.1, -0.05) is 0 Å². The average molecular weight is 287 g/mol. The zero-order valence-corrected chi connectivity index (χ0v) is 12.1. The first-order valence-electron chi connectivity index (χ1n) is 6.26. The smallest absolute Gasteiger partial charge is 0.146 e. The summed E-state index contributed by atoms with van der Waals surface area (Å²) in [5, 5.41) is 5.29. The molecule has 0 spiro atoms. The number of hydrogen-bond acceptors (Lipinski definition) is 4. The van der Waals surface area contributed by atoms with Crippen LogP contribution in [0.15, 0.2) is 31.0 Å². The normalized spacial score (nSPS) is 12.7. The highest BCUT2D eigenvalue weighted by Crippen LogP contribution is 2.27. The third kappa shape index (κ3) is 2.12. The minimum atomic E-state index is 0.0462. The van der Waals surface area contributed by atoms with Gasteiger partial charge in [-0.3, -0.25) is 4.68 Å². The molecule has 0 N–H and O–H groups in total. The molecule has 0 radical (unpaired) electrons. The van der Waals surface area contributed by atoms with Crippen LogP contribution in [0.3, 0.4) is 0 Å². The summed E-state index contributed by atoms with van der Waals surface area (Å²) in [7, 11) is 2.59. The maximum Gasteiger partial charge on any atom is 0.146 e. The van der Waals surface area contributed by atoms with E-state index in [4.69, 9.17) is 0 Å². The van der Waals surface area contributed by atoms with E-state index in [0.717, 1.165) is 28.6 Å². The van der Waals surface area contributed by atoms with Gasteiger partial charge in [0.25, 0.3) is 0 Å². The Hall–Kier alpha value is -2.07. The van der Waals surface area contributed by atoms with Gasteiger partial charge >= 0.3 is 0 Å². The average Bonchev–Trinajstić information content (AvgIpc) is 3.07. The Labute approximate surface area is 118 Å². The second-order valence-electron chi connectivity index (χ2n) is 4.64.